The standard InChI is InChI=1S/C25H19FN2O4/c26-22-4-2-1-3-18(22)16-32-21-8-5-17(6-9-21)13-19(15-27)25(29)28-20-7-10-23-24(14-20)31-12-11-30-23/h1-10,13-14H,11-12,16H2,(H,28,29)/b19-13+. The summed E-state index contributed by atoms with van der Waals surface area (Å²) in [4.78, 5) is 12.5. The zero-order chi connectivity index (χ0) is 22.3. The predicted molar refractivity (Wildman–Crippen MR) is 117 cm³/mol. The van der Waals surface area contributed by atoms with Gasteiger partial charge in [0.2, 0.25) is 0 Å². The Morgan fingerprint density at radius 1 is 1.06 bits per heavy atom. The van der Waals surface area contributed by atoms with Crippen LogP contribution in [-0.4, -0.2) is 19.1 Å². The van der Waals surface area contributed by atoms with E-state index in [2.05, 4.69) is 5.32 Å². The predicted octanol–water partition coefficient (Wildman–Crippen LogP) is 4.72. The summed E-state index contributed by atoms with van der Waals surface area (Å²) < 4.78 is 30.3. The van der Waals surface area contributed by atoms with Crippen molar-refractivity contribution < 1.29 is 23.4 Å². The van der Waals surface area contributed by atoms with Crippen LogP contribution in [-0.2, 0) is 11.4 Å². The summed E-state index contributed by atoms with van der Waals surface area (Å²) in [7, 11) is 0. The zero-order valence-corrected chi connectivity index (χ0v) is 17.0. The molecule has 160 valence electrons. The van der Waals surface area contributed by atoms with Crippen molar-refractivity contribution in [2.45, 2.75) is 6.61 Å². The van der Waals surface area contributed by atoms with Gasteiger partial charge in [0, 0.05) is 17.3 Å². The number of rotatable bonds is 6. The van der Waals surface area contributed by atoms with Crippen LogP contribution >= 0.6 is 0 Å². The molecule has 7 heteroatoms. The van der Waals surface area contributed by atoms with Crippen molar-refractivity contribution in [2.24, 2.45) is 0 Å². The van der Waals surface area contributed by atoms with Gasteiger partial charge in [-0.2, -0.15) is 5.26 Å². The Hall–Kier alpha value is -4.31. The monoisotopic (exact) mass is 430 g/mol. The highest BCUT2D eigenvalue weighted by atomic mass is 19.1. The fraction of sp³-hybridized carbons (Fsp3) is 0.120. The Labute approximate surface area is 184 Å². The molecule has 3 aromatic carbocycles. The molecule has 1 N–H and O–H groups in total. The molecule has 0 aromatic heterocycles. The summed E-state index contributed by atoms with van der Waals surface area (Å²) in [6, 6.07) is 20.2. The first-order valence-electron chi connectivity index (χ1n) is 9.91. The number of ether oxygens (including phenoxy) is 3. The van der Waals surface area contributed by atoms with Crippen molar-refractivity contribution in [1.29, 1.82) is 5.26 Å². The third-order valence-corrected chi connectivity index (χ3v) is 4.71. The quantitative estimate of drug-likeness (QED) is 0.452. The van der Waals surface area contributed by atoms with Gasteiger partial charge in [-0.15, -0.1) is 0 Å². The number of hydrogen-bond acceptors (Lipinski definition) is 5. The van der Waals surface area contributed by atoms with Gasteiger partial charge in [-0.3, -0.25) is 4.79 Å². The van der Waals surface area contributed by atoms with Crippen molar-refractivity contribution in [1.82, 2.24) is 0 Å². The second kappa shape index (κ2) is 9.67. The number of hydrogen-bond donors (Lipinski definition) is 1. The topological polar surface area (TPSA) is 80.6 Å². The molecule has 0 spiro atoms. The van der Waals surface area contributed by atoms with Crippen molar-refractivity contribution >= 4 is 17.7 Å². The van der Waals surface area contributed by atoms with Gasteiger partial charge in [0.15, 0.2) is 11.5 Å². The molecule has 0 atom stereocenters. The Kier molecular flexibility index (Phi) is 6.33. The first-order chi connectivity index (χ1) is 15.6. The van der Waals surface area contributed by atoms with Gasteiger partial charge in [-0.05, 0) is 42.0 Å². The fourth-order valence-electron chi connectivity index (χ4n) is 3.07. The molecule has 0 aliphatic carbocycles. The van der Waals surface area contributed by atoms with Crippen LogP contribution in [0, 0.1) is 17.1 Å². The Bertz CT molecular complexity index is 1200. The summed E-state index contributed by atoms with van der Waals surface area (Å²) in [6.45, 7) is 1.02. The molecule has 1 aliphatic rings. The second-order valence-corrected chi connectivity index (χ2v) is 6.93. The van der Waals surface area contributed by atoms with Gasteiger partial charge in [-0.1, -0.05) is 30.3 Å². The van der Waals surface area contributed by atoms with E-state index in [1.165, 1.54) is 12.1 Å². The van der Waals surface area contributed by atoms with Gasteiger partial charge in [0.25, 0.3) is 5.91 Å². The molecule has 0 saturated heterocycles. The summed E-state index contributed by atoms with van der Waals surface area (Å²) in [6.07, 6.45) is 1.48. The number of anilines is 1. The highest BCUT2D eigenvalue weighted by Crippen LogP contribution is 2.32. The second-order valence-electron chi connectivity index (χ2n) is 6.93. The third-order valence-electron chi connectivity index (χ3n) is 4.71. The van der Waals surface area contributed by atoms with Gasteiger partial charge >= 0.3 is 0 Å². The van der Waals surface area contributed by atoms with Crippen LogP contribution in [0.2, 0.25) is 0 Å². The van der Waals surface area contributed by atoms with E-state index in [4.69, 9.17) is 14.2 Å². The number of nitrogens with zero attached hydrogens (tertiary/aromatic N) is 1. The van der Waals surface area contributed by atoms with Crippen LogP contribution in [0.1, 0.15) is 11.1 Å². The minimum atomic E-state index is -0.538. The first kappa shape index (κ1) is 20.9. The summed E-state index contributed by atoms with van der Waals surface area (Å²) in [5, 5.41) is 12.1. The van der Waals surface area contributed by atoms with Crippen molar-refractivity contribution in [3.05, 3.63) is 89.2 Å². The average molecular weight is 430 g/mol. The van der Waals surface area contributed by atoms with E-state index in [-0.39, 0.29) is 18.0 Å². The Balaban J connectivity index is 1.40. The molecule has 0 bridgehead atoms. The maximum absolute atomic E-state index is 13.7. The number of carbonyl (C=O) groups is 1. The van der Waals surface area contributed by atoms with Gasteiger partial charge in [0.1, 0.15) is 43.0 Å². The molecule has 4 rings (SSSR count). The number of nitriles is 1. The molecule has 1 heterocycles. The molecule has 1 amide bonds. The maximum atomic E-state index is 13.7. The summed E-state index contributed by atoms with van der Waals surface area (Å²) in [5.41, 5.74) is 1.55. The lowest BCUT2D eigenvalue weighted by Crippen LogP contribution is -2.17. The van der Waals surface area contributed by atoms with Crippen LogP contribution in [0.15, 0.2) is 72.3 Å². The molecule has 0 saturated carbocycles. The van der Waals surface area contributed by atoms with Crippen molar-refractivity contribution in [2.75, 3.05) is 18.5 Å². The lowest BCUT2D eigenvalue weighted by Gasteiger charge is -2.18. The highest BCUT2D eigenvalue weighted by molar-refractivity contribution is 6.09. The minimum Gasteiger partial charge on any atom is -0.489 e. The van der Waals surface area contributed by atoms with Crippen LogP contribution in [0.25, 0.3) is 6.08 Å². The van der Waals surface area contributed by atoms with Crippen LogP contribution < -0.4 is 19.5 Å². The van der Waals surface area contributed by atoms with Crippen LogP contribution in [0.4, 0.5) is 10.1 Å². The van der Waals surface area contributed by atoms with Crippen LogP contribution in [0.3, 0.4) is 0 Å². The fourth-order valence-corrected chi connectivity index (χ4v) is 3.07. The van der Waals surface area contributed by atoms with Gasteiger partial charge in [-0.25, -0.2) is 4.39 Å². The Morgan fingerprint density at radius 3 is 2.56 bits per heavy atom. The van der Waals surface area contributed by atoms with Gasteiger partial charge < -0.3 is 19.5 Å². The average Bonchev–Trinajstić information content (AvgIpc) is 2.82. The first-order valence-corrected chi connectivity index (χ1v) is 9.91. The lowest BCUT2D eigenvalue weighted by molar-refractivity contribution is -0.112. The minimum absolute atomic E-state index is 0.0556. The number of halogens is 1. The van der Waals surface area contributed by atoms with E-state index in [1.54, 1.807) is 60.7 Å². The molecule has 6 nitrogen and oxygen atoms in total. The summed E-state index contributed by atoms with van der Waals surface area (Å²) >= 11 is 0. The van der Waals surface area contributed by atoms with E-state index in [0.29, 0.717) is 47.3 Å². The van der Waals surface area contributed by atoms with E-state index < -0.39 is 5.91 Å². The molecular formula is C25H19FN2O4. The maximum Gasteiger partial charge on any atom is 0.266 e. The van der Waals surface area contributed by atoms with Crippen LogP contribution in [0.5, 0.6) is 17.2 Å². The molecular weight excluding hydrogens is 411 g/mol. The van der Waals surface area contributed by atoms with Gasteiger partial charge in [0.05, 0.1) is 0 Å². The normalized spacial score (nSPS) is 12.6. The number of amides is 1. The number of carbonyl (C=O) groups excluding carboxylic acids is 1. The summed E-state index contributed by atoms with van der Waals surface area (Å²) in [5.74, 6) is 0.841. The lowest BCUT2D eigenvalue weighted by atomic mass is 10.1. The highest BCUT2D eigenvalue weighted by Gasteiger charge is 2.14. The smallest absolute Gasteiger partial charge is 0.266 e. The largest absolute Gasteiger partial charge is 0.489 e. The van der Waals surface area contributed by atoms with Crippen molar-refractivity contribution in [3.8, 4) is 23.3 Å². The molecule has 1 aliphatic heterocycles. The number of nitrogens with one attached hydrogen (secondary N) is 1. The number of fused-ring (bicyclic) bond motifs is 1. The molecule has 0 radical (unpaired) electrons. The van der Waals surface area contributed by atoms with E-state index in [1.807, 2.05) is 6.07 Å². The molecule has 0 unspecified atom stereocenters. The van der Waals surface area contributed by atoms with E-state index in [9.17, 15) is 14.4 Å². The van der Waals surface area contributed by atoms with E-state index in [0.717, 1.165) is 0 Å². The van der Waals surface area contributed by atoms with Crippen molar-refractivity contribution in [3.63, 3.8) is 0 Å². The third kappa shape index (κ3) is 5.05. The van der Waals surface area contributed by atoms with E-state index >= 15 is 0 Å². The SMILES string of the molecule is N#C/C(=C\c1ccc(OCc2ccccc2F)cc1)C(=O)Nc1ccc2c(c1)OCCO2. The molecule has 3 aromatic rings. The molecule has 0 fully saturated rings. The Morgan fingerprint density at radius 2 is 1.81 bits per heavy atom. The molecule has 32 heavy (non-hydrogen) atoms. The number of benzene rings is 3. The zero-order valence-electron chi connectivity index (χ0n) is 17.0.